The molecule has 1 heterocycles. The molecule has 2 N–H and O–H groups in total. The Morgan fingerprint density at radius 1 is 1.14 bits per heavy atom. The second kappa shape index (κ2) is 7.95. The van der Waals surface area contributed by atoms with Crippen molar-refractivity contribution in [1.29, 1.82) is 0 Å². The van der Waals surface area contributed by atoms with E-state index in [0.29, 0.717) is 22.2 Å². The first-order valence-electron chi connectivity index (χ1n) is 9.40. The fourth-order valence-electron chi connectivity index (χ4n) is 2.94. The Kier molecular flexibility index (Phi) is 5.59. The molecule has 29 heavy (non-hydrogen) atoms. The lowest BCUT2D eigenvalue weighted by Crippen LogP contribution is -2.27. The van der Waals surface area contributed by atoms with Crippen molar-refractivity contribution in [1.82, 2.24) is 4.98 Å². The number of nitrogens with zero attached hydrogens (tertiary/aromatic N) is 1. The van der Waals surface area contributed by atoms with Crippen LogP contribution in [-0.2, 0) is 4.74 Å². The molecule has 1 atom stereocenters. The molecule has 1 amide bonds. The second-order valence-corrected chi connectivity index (χ2v) is 7.84. The van der Waals surface area contributed by atoms with Gasteiger partial charge in [-0.3, -0.25) is 5.32 Å². The SMILES string of the molecule is Cc1c(NC(=O)OC(C)(C)C)ccc2nc(N[C@H](C)c3ccccc3)oc(=O)c12. The van der Waals surface area contributed by atoms with Crippen LogP contribution in [0.25, 0.3) is 10.9 Å². The highest BCUT2D eigenvalue weighted by molar-refractivity contribution is 5.93. The van der Waals surface area contributed by atoms with Gasteiger partial charge in [0.05, 0.1) is 16.9 Å². The van der Waals surface area contributed by atoms with Gasteiger partial charge >= 0.3 is 11.7 Å². The number of ether oxygens (including phenoxy) is 1. The number of rotatable bonds is 4. The minimum Gasteiger partial charge on any atom is -0.444 e. The van der Waals surface area contributed by atoms with Crippen LogP contribution >= 0.6 is 0 Å². The second-order valence-electron chi connectivity index (χ2n) is 7.84. The van der Waals surface area contributed by atoms with E-state index in [1.54, 1.807) is 39.8 Å². The van der Waals surface area contributed by atoms with Gasteiger partial charge in [-0.15, -0.1) is 0 Å². The maximum absolute atomic E-state index is 12.6. The largest absolute Gasteiger partial charge is 0.444 e. The number of fused-ring (bicyclic) bond motifs is 1. The van der Waals surface area contributed by atoms with Crippen molar-refractivity contribution in [3.63, 3.8) is 0 Å². The normalized spacial score (nSPS) is 12.4. The average molecular weight is 395 g/mol. The Morgan fingerprint density at radius 3 is 2.48 bits per heavy atom. The van der Waals surface area contributed by atoms with Crippen molar-refractivity contribution in [2.75, 3.05) is 10.6 Å². The number of hydrogen-bond donors (Lipinski definition) is 2. The maximum Gasteiger partial charge on any atom is 0.412 e. The van der Waals surface area contributed by atoms with Crippen LogP contribution in [0.5, 0.6) is 0 Å². The lowest BCUT2D eigenvalue weighted by Gasteiger charge is -2.20. The molecule has 7 heteroatoms. The van der Waals surface area contributed by atoms with E-state index in [0.717, 1.165) is 5.56 Å². The fourth-order valence-corrected chi connectivity index (χ4v) is 2.94. The average Bonchev–Trinajstić information content (AvgIpc) is 2.63. The van der Waals surface area contributed by atoms with E-state index in [9.17, 15) is 9.59 Å². The number of aromatic nitrogens is 1. The molecular weight excluding hydrogens is 370 g/mol. The molecule has 1 aromatic heterocycles. The Hall–Kier alpha value is -3.35. The zero-order chi connectivity index (χ0) is 21.2. The highest BCUT2D eigenvalue weighted by Gasteiger charge is 2.19. The number of amides is 1. The zero-order valence-corrected chi connectivity index (χ0v) is 17.2. The van der Waals surface area contributed by atoms with Gasteiger partial charge in [0.1, 0.15) is 5.60 Å². The molecule has 3 aromatic rings. The smallest absolute Gasteiger partial charge is 0.412 e. The number of aryl methyl sites for hydroxylation is 1. The molecule has 2 aromatic carbocycles. The summed E-state index contributed by atoms with van der Waals surface area (Å²) in [6, 6.07) is 13.2. The molecule has 0 bridgehead atoms. The van der Waals surface area contributed by atoms with Crippen LogP contribution in [0.4, 0.5) is 16.5 Å². The number of hydrogen-bond acceptors (Lipinski definition) is 6. The van der Waals surface area contributed by atoms with E-state index in [2.05, 4.69) is 15.6 Å². The summed E-state index contributed by atoms with van der Waals surface area (Å²) in [5.41, 5.74) is 1.42. The molecule has 0 saturated carbocycles. The van der Waals surface area contributed by atoms with Gasteiger partial charge in [-0.2, -0.15) is 4.98 Å². The number of carbonyl (C=O) groups is 1. The van der Waals surface area contributed by atoms with E-state index in [4.69, 9.17) is 9.15 Å². The summed E-state index contributed by atoms with van der Waals surface area (Å²) in [4.78, 5) is 29.1. The number of anilines is 2. The predicted octanol–water partition coefficient (Wildman–Crippen LogP) is 5.02. The van der Waals surface area contributed by atoms with Crippen molar-refractivity contribution < 1.29 is 13.9 Å². The summed E-state index contributed by atoms with van der Waals surface area (Å²) in [7, 11) is 0. The minimum atomic E-state index is -0.620. The summed E-state index contributed by atoms with van der Waals surface area (Å²) >= 11 is 0. The molecule has 0 aliphatic rings. The van der Waals surface area contributed by atoms with Gasteiger partial charge in [0.2, 0.25) is 0 Å². The van der Waals surface area contributed by atoms with Gasteiger partial charge in [0, 0.05) is 5.69 Å². The topological polar surface area (TPSA) is 93.5 Å². The molecule has 0 saturated heterocycles. The summed E-state index contributed by atoms with van der Waals surface area (Å²) < 4.78 is 10.6. The summed E-state index contributed by atoms with van der Waals surface area (Å²) in [5, 5.41) is 6.10. The number of nitrogens with one attached hydrogen (secondary N) is 2. The van der Waals surface area contributed by atoms with E-state index < -0.39 is 17.3 Å². The molecular formula is C22H25N3O4. The van der Waals surface area contributed by atoms with Gasteiger partial charge in [0.25, 0.3) is 6.01 Å². The van der Waals surface area contributed by atoms with Crippen molar-refractivity contribution in [2.24, 2.45) is 0 Å². The third kappa shape index (κ3) is 4.93. The van der Waals surface area contributed by atoms with Crippen molar-refractivity contribution >= 4 is 28.7 Å². The third-order valence-corrected chi connectivity index (χ3v) is 4.33. The molecule has 0 fully saturated rings. The molecule has 0 aliphatic heterocycles. The number of benzene rings is 2. The summed E-state index contributed by atoms with van der Waals surface area (Å²) in [5.74, 6) is 0. The molecule has 0 unspecified atom stereocenters. The lowest BCUT2D eigenvalue weighted by molar-refractivity contribution is 0.0636. The van der Waals surface area contributed by atoms with Gasteiger partial charge in [-0.1, -0.05) is 30.3 Å². The zero-order valence-electron chi connectivity index (χ0n) is 17.2. The van der Waals surface area contributed by atoms with Crippen molar-refractivity contribution in [3.05, 3.63) is 64.0 Å². The van der Waals surface area contributed by atoms with E-state index in [-0.39, 0.29) is 12.1 Å². The highest BCUT2D eigenvalue weighted by Crippen LogP contribution is 2.25. The van der Waals surface area contributed by atoms with Gasteiger partial charge in [-0.05, 0) is 57.9 Å². The lowest BCUT2D eigenvalue weighted by atomic mass is 10.1. The molecule has 3 rings (SSSR count). The Labute approximate surface area is 169 Å². The van der Waals surface area contributed by atoms with Crippen LogP contribution < -0.4 is 16.3 Å². The van der Waals surface area contributed by atoms with Crippen LogP contribution in [0.15, 0.2) is 51.7 Å². The maximum atomic E-state index is 12.6. The first kappa shape index (κ1) is 20.4. The summed E-state index contributed by atoms with van der Waals surface area (Å²) in [6.07, 6.45) is -0.590. The van der Waals surface area contributed by atoms with E-state index in [1.165, 1.54) is 0 Å². The molecule has 7 nitrogen and oxygen atoms in total. The minimum absolute atomic E-state index is 0.0847. The summed E-state index contributed by atoms with van der Waals surface area (Å²) in [6.45, 7) is 9.03. The standard InChI is InChI=1S/C22H25N3O4/c1-13-16(25-21(27)29-22(3,4)5)11-12-17-18(13)19(26)28-20(24-17)23-14(2)15-9-7-6-8-10-15/h6-12,14H,1-5H3,(H,23,24)(H,25,27)/t14-/m1/s1. The Balaban J connectivity index is 1.88. The first-order valence-corrected chi connectivity index (χ1v) is 9.40. The van der Waals surface area contributed by atoms with Crippen LogP contribution in [-0.4, -0.2) is 16.7 Å². The fraction of sp³-hybridized carbons (Fsp3) is 0.318. The van der Waals surface area contributed by atoms with Crippen molar-refractivity contribution in [3.8, 4) is 0 Å². The number of carbonyl (C=O) groups excluding carboxylic acids is 1. The van der Waals surface area contributed by atoms with Crippen molar-refractivity contribution in [2.45, 2.75) is 46.3 Å². The van der Waals surface area contributed by atoms with Gasteiger partial charge in [0.15, 0.2) is 0 Å². The Morgan fingerprint density at radius 2 is 1.83 bits per heavy atom. The quantitative estimate of drug-likeness (QED) is 0.644. The third-order valence-electron chi connectivity index (χ3n) is 4.33. The molecule has 0 radical (unpaired) electrons. The van der Waals surface area contributed by atoms with Crippen LogP contribution in [0.2, 0.25) is 0 Å². The molecule has 0 aliphatic carbocycles. The van der Waals surface area contributed by atoms with Crippen LogP contribution in [0.3, 0.4) is 0 Å². The first-order chi connectivity index (χ1) is 13.6. The van der Waals surface area contributed by atoms with E-state index >= 15 is 0 Å². The van der Waals surface area contributed by atoms with E-state index in [1.807, 2.05) is 37.3 Å². The monoisotopic (exact) mass is 395 g/mol. The Bertz CT molecular complexity index is 1080. The molecule has 152 valence electrons. The predicted molar refractivity (Wildman–Crippen MR) is 113 cm³/mol. The van der Waals surface area contributed by atoms with Gasteiger partial charge in [-0.25, -0.2) is 9.59 Å². The molecule has 0 spiro atoms. The van der Waals surface area contributed by atoms with Crippen LogP contribution in [0.1, 0.15) is 44.9 Å². The van der Waals surface area contributed by atoms with Gasteiger partial charge < -0.3 is 14.5 Å². The highest BCUT2D eigenvalue weighted by atomic mass is 16.6. The van der Waals surface area contributed by atoms with Crippen LogP contribution in [0, 0.1) is 6.92 Å².